The van der Waals surface area contributed by atoms with Crippen molar-refractivity contribution in [3.63, 3.8) is 0 Å². The second kappa shape index (κ2) is 10.8. The van der Waals surface area contributed by atoms with Crippen LogP contribution in [0.15, 0.2) is 58.2 Å². The molecule has 10 heteroatoms. The molecule has 0 aliphatic rings. The molecule has 0 spiro atoms. The largest absolute Gasteiger partial charge is 0.497 e. The van der Waals surface area contributed by atoms with E-state index in [9.17, 15) is 0 Å². The van der Waals surface area contributed by atoms with Gasteiger partial charge >= 0.3 is 0 Å². The predicted molar refractivity (Wildman–Crippen MR) is 121 cm³/mol. The molecule has 9 nitrogen and oxygen atoms in total. The number of thioether (sulfide) groups is 1. The zero-order valence-electron chi connectivity index (χ0n) is 18.0. The van der Waals surface area contributed by atoms with Gasteiger partial charge in [0, 0.05) is 22.9 Å². The van der Waals surface area contributed by atoms with Crippen molar-refractivity contribution in [2.45, 2.75) is 31.0 Å². The van der Waals surface area contributed by atoms with E-state index in [1.165, 1.54) is 0 Å². The number of hydrogen-bond acceptors (Lipinski definition) is 9. The first kappa shape index (κ1) is 21.8. The van der Waals surface area contributed by atoms with Gasteiger partial charge in [-0.25, -0.2) is 0 Å². The van der Waals surface area contributed by atoms with E-state index in [1.54, 1.807) is 36.8 Å². The van der Waals surface area contributed by atoms with Crippen LogP contribution in [0.25, 0.3) is 22.8 Å². The molecule has 0 unspecified atom stereocenters. The van der Waals surface area contributed by atoms with E-state index in [4.69, 9.17) is 13.9 Å². The fourth-order valence-electron chi connectivity index (χ4n) is 3.05. The summed E-state index contributed by atoms with van der Waals surface area (Å²) in [4.78, 5) is 1.65. The molecule has 166 valence electrons. The molecule has 32 heavy (non-hydrogen) atoms. The molecule has 4 aromatic rings. The van der Waals surface area contributed by atoms with Gasteiger partial charge in [0.15, 0.2) is 0 Å². The Bertz CT molecular complexity index is 1110. The Morgan fingerprint density at radius 2 is 1.66 bits per heavy atom. The quantitative estimate of drug-likeness (QED) is 0.242. The van der Waals surface area contributed by atoms with E-state index in [0.717, 1.165) is 42.7 Å². The number of rotatable bonds is 11. The molecule has 2 aromatic carbocycles. The molecule has 0 aliphatic carbocycles. The third kappa shape index (κ3) is 5.64. The van der Waals surface area contributed by atoms with Gasteiger partial charge in [-0.05, 0) is 30.2 Å². The van der Waals surface area contributed by atoms with Crippen LogP contribution >= 0.6 is 11.8 Å². The van der Waals surface area contributed by atoms with Crippen LogP contribution in [0.2, 0.25) is 0 Å². The highest BCUT2D eigenvalue weighted by Crippen LogP contribution is 2.30. The number of ether oxygens (including phenoxy) is 2. The smallest absolute Gasteiger partial charge is 0.276 e. The predicted octanol–water partition coefficient (Wildman–Crippen LogP) is 4.37. The van der Waals surface area contributed by atoms with Crippen LogP contribution in [-0.2, 0) is 6.54 Å². The summed E-state index contributed by atoms with van der Waals surface area (Å²) in [6.45, 7) is 0.743. The number of benzene rings is 2. The van der Waals surface area contributed by atoms with Crippen molar-refractivity contribution < 1.29 is 13.9 Å². The van der Waals surface area contributed by atoms with Crippen LogP contribution in [0.4, 0.5) is 0 Å². The second-order valence-electron chi connectivity index (χ2n) is 6.96. The van der Waals surface area contributed by atoms with Gasteiger partial charge in [0.05, 0.1) is 20.8 Å². The Labute approximate surface area is 190 Å². The molecule has 0 radical (unpaired) electrons. The summed E-state index contributed by atoms with van der Waals surface area (Å²) in [5.74, 6) is 3.33. The van der Waals surface area contributed by atoms with E-state index in [0.29, 0.717) is 28.4 Å². The standard InChI is InChI=1S/C22H24N6O3S/c1-29-18-13-17(14-19(15-18)30-2)21-24-25-22(31-21)32-12-8-4-7-11-28-26-20(23-27-28)16-9-5-3-6-10-16/h3,5-6,9-10,13-15H,4,7-8,11-12H2,1-2H3. The Hall–Kier alpha value is -3.40. The van der Waals surface area contributed by atoms with Crippen LogP contribution in [-0.4, -0.2) is 50.4 Å². The van der Waals surface area contributed by atoms with Crippen molar-refractivity contribution in [2.24, 2.45) is 0 Å². The number of nitrogens with zero attached hydrogens (tertiary/aromatic N) is 6. The van der Waals surface area contributed by atoms with Crippen LogP contribution in [0.3, 0.4) is 0 Å². The van der Waals surface area contributed by atoms with Gasteiger partial charge in [0.25, 0.3) is 5.22 Å². The third-order valence-corrected chi connectivity index (χ3v) is 5.62. The molecule has 4 rings (SSSR count). The maximum Gasteiger partial charge on any atom is 0.276 e. The average molecular weight is 453 g/mol. The molecule has 0 saturated carbocycles. The molecular formula is C22H24N6O3S. The minimum Gasteiger partial charge on any atom is -0.497 e. The number of aromatic nitrogens is 6. The summed E-state index contributed by atoms with van der Waals surface area (Å²) >= 11 is 1.55. The summed E-state index contributed by atoms with van der Waals surface area (Å²) < 4.78 is 16.4. The lowest BCUT2D eigenvalue weighted by Gasteiger charge is -2.05. The van der Waals surface area contributed by atoms with Crippen molar-refractivity contribution >= 4 is 11.8 Å². The maximum atomic E-state index is 5.79. The molecule has 0 atom stereocenters. The van der Waals surface area contributed by atoms with Gasteiger partial charge < -0.3 is 13.9 Å². The number of unbranched alkanes of at least 4 members (excludes halogenated alkanes) is 2. The van der Waals surface area contributed by atoms with E-state index < -0.39 is 0 Å². The van der Waals surface area contributed by atoms with Gasteiger partial charge in [-0.1, -0.05) is 48.5 Å². The van der Waals surface area contributed by atoms with Gasteiger partial charge in [0.1, 0.15) is 11.5 Å². The molecule has 0 fully saturated rings. The molecule has 0 aliphatic heterocycles. The summed E-state index contributed by atoms with van der Waals surface area (Å²) in [6.07, 6.45) is 3.04. The zero-order chi connectivity index (χ0) is 22.2. The molecule has 0 bridgehead atoms. The monoisotopic (exact) mass is 452 g/mol. The Balaban J connectivity index is 1.20. The maximum absolute atomic E-state index is 5.79. The minimum atomic E-state index is 0.441. The third-order valence-electron chi connectivity index (χ3n) is 4.72. The summed E-state index contributed by atoms with van der Waals surface area (Å²) in [6, 6.07) is 15.3. The highest BCUT2D eigenvalue weighted by Gasteiger charge is 2.12. The molecule has 2 aromatic heterocycles. The number of tetrazole rings is 1. The molecular weight excluding hydrogens is 428 g/mol. The van der Waals surface area contributed by atoms with Crippen LogP contribution in [0.5, 0.6) is 11.5 Å². The van der Waals surface area contributed by atoms with Gasteiger partial charge in [-0.3, -0.25) is 0 Å². The van der Waals surface area contributed by atoms with Crippen molar-refractivity contribution in [2.75, 3.05) is 20.0 Å². The first-order chi connectivity index (χ1) is 15.7. The fraction of sp³-hybridized carbons (Fsp3) is 0.318. The Morgan fingerprint density at radius 1 is 0.875 bits per heavy atom. The van der Waals surface area contributed by atoms with Crippen LogP contribution in [0, 0.1) is 0 Å². The summed E-state index contributed by atoms with van der Waals surface area (Å²) in [5, 5.41) is 21.5. The minimum absolute atomic E-state index is 0.441. The first-order valence-electron chi connectivity index (χ1n) is 10.3. The van der Waals surface area contributed by atoms with Crippen molar-refractivity contribution in [3.05, 3.63) is 48.5 Å². The fourth-order valence-corrected chi connectivity index (χ4v) is 3.81. The normalized spacial score (nSPS) is 10.9. The van der Waals surface area contributed by atoms with E-state index >= 15 is 0 Å². The van der Waals surface area contributed by atoms with Crippen LogP contribution in [0.1, 0.15) is 19.3 Å². The van der Waals surface area contributed by atoms with E-state index in [2.05, 4.69) is 25.6 Å². The Kier molecular flexibility index (Phi) is 7.34. The second-order valence-corrected chi connectivity index (χ2v) is 8.00. The Morgan fingerprint density at radius 3 is 2.41 bits per heavy atom. The van der Waals surface area contributed by atoms with Gasteiger partial charge in [0.2, 0.25) is 11.7 Å². The number of hydrogen-bond donors (Lipinski definition) is 0. The van der Waals surface area contributed by atoms with Crippen molar-refractivity contribution in [1.82, 2.24) is 30.4 Å². The zero-order valence-corrected chi connectivity index (χ0v) is 18.8. The lowest BCUT2D eigenvalue weighted by atomic mass is 10.2. The lowest BCUT2D eigenvalue weighted by Crippen LogP contribution is -2.02. The molecule has 2 heterocycles. The first-order valence-corrected chi connectivity index (χ1v) is 11.3. The van der Waals surface area contributed by atoms with Gasteiger partial charge in [-0.2, -0.15) is 4.80 Å². The van der Waals surface area contributed by atoms with E-state index in [-0.39, 0.29) is 0 Å². The number of aryl methyl sites for hydroxylation is 1. The van der Waals surface area contributed by atoms with Crippen molar-refractivity contribution in [1.29, 1.82) is 0 Å². The lowest BCUT2D eigenvalue weighted by molar-refractivity contribution is 0.394. The van der Waals surface area contributed by atoms with Gasteiger partial charge in [-0.15, -0.1) is 20.4 Å². The van der Waals surface area contributed by atoms with E-state index in [1.807, 2.05) is 42.5 Å². The summed E-state index contributed by atoms with van der Waals surface area (Å²) in [5.41, 5.74) is 1.73. The molecule has 0 amide bonds. The molecule has 0 saturated heterocycles. The SMILES string of the molecule is COc1cc(OC)cc(-c2nnc(SCCCCCn3nnc(-c4ccccc4)n3)o2)c1. The number of methoxy groups -OCH3 is 2. The highest BCUT2D eigenvalue weighted by atomic mass is 32.2. The topological polar surface area (TPSA) is 101 Å². The highest BCUT2D eigenvalue weighted by molar-refractivity contribution is 7.99. The molecule has 0 N–H and O–H groups in total. The average Bonchev–Trinajstić information content (AvgIpc) is 3.51. The van der Waals surface area contributed by atoms with Crippen molar-refractivity contribution in [3.8, 4) is 34.3 Å². The van der Waals surface area contributed by atoms with Crippen LogP contribution < -0.4 is 9.47 Å². The summed E-state index contributed by atoms with van der Waals surface area (Å²) in [7, 11) is 3.21.